The van der Waals surface area contributed by atoms with Gasteiger partial charge in [-0.3, -0.25) is 19.7 Å². The molecule has 3 N–H and O–H groups in total. The van der Waals surface area contributed by atoms with Crippen molar-refractivity contribution in [1.82, 2.24) is 5.32 Å². The Hall–Kier alpha value is -3.67. The van der Waals surface area contributed by atoms with Crippen LogP contribution in [0.5, 0.6) is 0 Å². The van der Waals surface area contributed by atoms with E-state index < -0.39 is 17.7 Å². The Morgan fingerprint density at radius 2 is 1.31 bits per heavy atom. The van der Waals surface area contributed by atoms with Crippen molar-refractivity contribution in [3.05, 3.63) is 84.6 Å². The van der Waals surface area contributed by atoms with E-state index in [1.807, 2.05) is 24.3 Å². The first-order valence-electron chi connectivity index (χ1n) is 7.88. The molecule has 26 heavy (non-hydrogen) atoms. The van der Waals surface area contributed by atoms with E-state index in [9.17, 15) is 14.4 Å². The van der Waals surface area contributed by atoms with Crippen LogP contribution in [0.3, 0.4) is 0 Å². The highest BCUT2D eigenvalue weighted by Crippen LogP contribution is 2.15. The standard InChI is InChI=1S/C20H19N3O3/c1-3-17(24)23-20(26)18(14(2)21-15-10-6-4-7-11-15)19(25)22-16-12-8-5-9-13-16/h3-13,21H,1H2,2H3,(H,22,25)(H,23,24,26)/b18-14+. The molecule has 3 amide bonds. The van der Waals surface area contributed by atoms with E-state index in [1.165, 1.54) is 0 Å². The highest BCUT2D eigenvalue weighted by atomic mass is 16.2. The number of benzene rings is 2. The molecule has 0 atom stereocenters. The molecule has 0 saturated heterocycles. The molecular formula is C20H19N3O3. The normalized spacial score (nSPS) is 11.0. The van der Waals surface area contributed by atoms with Gasteiger partial charge in [0.05, 0.1) is 0 Å². The summed E-state index contributed by atoms with van der Waals surface area (Å²) in [7, 11) is 0. The smallest absolute Gasteiger partial charge is 0.265 e. The molecule has 2 aromatic carbocycles. The van der Waals surface area contributed by atoms with Gasteiger partial charge in [0.15, 0.2) is 0 Å². The van der Waals surface area contributed by atoms with E-state index in [0.29, 0.717) is 17.1 Å². The number of hydrogen-bond donors (Lipinski definition) is 3. The Kier molecular flexibility index (Phi) is 6.45. The summed E-state index contributed by atoms with van der Waals surface area (Å²) < 4.78 is 0. The number of anilines is 2. The minimum absolute atomic E-state index is 0.201. The van der Waals surface area contributed by atoms with Gasteiger partial charge >= 0.3 is 0 Å². The maximum atomic E-state index is 12.6. The summed E-state index contributed by atoms with van der Waals surface area (Å²) in [5, 5.41) is 7.76. The number of carbonyl (C=O) groups is 3. The van der Waals surface area contributed by atoms with Gasteiger partial charge in [-0.1, -0.05) is 43.0 Å². The first kappa shape index (κ1) is 18.7. The van der Waals surface area contributed by atoms with E-state index in [2.05, 4.69) is 22.5 Å². The van der Waals surface area contributed by atoms with Crippen LogP contribution < -0.4 is 16.0 Å². The molecule has 6 heteroatoms. The van der Waals surface area contributed by atoms with E-state index in [1.54, 1.807) is 43.3 Å². The zero-order chi connectivity index (χ0) is 18.9. The Labute approximate surface area is 151 Å². The number of carbonyl (C=O) groups excluding carboxylic acids is 3. The second-order valence-corrected chi connectivity index (χ2v) is 5.33. The lowest BCUT2D eigenvalue weighted by molar-refractivity contribution is -0.126. The molecule has 0 radical (unpaired) electrons. The van der Waals surface area contributed by atoms with Crippen LogP contribution in [0, 0.1) is 0 Å². The van der Waals surface area contributed by atoms with Crippen molar-refractivity contribution < 1.29 is 14.4 Å². The summed E-state index contributed by atoms with van der Waals surface area (Å²) in [6, 6.07) is 17.8. The number of hydrogen-bond acceptors (Lipinski definition) is 4. The van der Waals surface area contributed by atoms with Crippen LogP contribution in [-0.4, -0.2) is 17.7 Å². The van der Waals surface area contributed by atoms with Crippen molar-refractivity contribution in [3.8, 4) is 0 Å². The predicted molar refractivity (Wildman–Crippen MR) is 101 cm³/mol. The third-order valence-electron chi connectivity index (χ3n) is 3.39. The third-order valence-corrected chi connectivity index (χ3v) is 3.39. The summed E-state index contributed by atoms with van der Waals surface area (Å²) >= 11 is 0. The summed E-state index contributed by atoms with van der Waals surface area (Å²) in [6.07, 6.45) is 0.963. The summed E-state index contributed by atoms with van der Waals surface area (Å²) in [6.45, 7) is 4.89. The van der Waals surface area contributed by atoms with Crippen LogP contribution >= 0.6 is 0 Å². The van der Waals surface area contributed by atoms with Crippen molar-refractivity contribution in [1.29, 1.82) is 0 Å². The Balaban J connectivity index is 2.32. The highest BCUT2D eigenvalue weighted by molar-refractivity contribution is 6.26. The minimum atomic E-state index is -0.815. The topological polar surface area (TPSA) is 87.3 Å². The quantitative estimate of drug-likeness (QED) is 0.425. The van der Waals surface area contributed by atoms with Gasteiger partial charge in [-0.15, -0.1) is 0 Å². The lowest BCUT2D eigenvalue weighted by Gasteiger charge is -2.14. The van der Waals surface area contributed by atoms with E-state index >= 15 is 0 Å². The third kappa shape index (κ3) is 5.17. The lowest BCUT2D eigenvalue weighted by atomic mass is 10.1. The van der Waals surface area contributed by atoms with Gasteiger partial charge < -0.3 is 10.6 Å². The molecule has 2 rings (SSSR count). The first-order chi connectivity index (χ1) is 12.5. The van der Waals surface area contributed by atoms with Crippen molar-refractivity contribution in [2.45, 2.75) is 6.92 Å². The summed E-state index contributed by atoms with van der Waals surface area (Å²) in [4.78, 5) is 36.5. The fraction of sp³-hybridized carbons (Fsp3) is 0.0500. The zero-order valence-corrected chi connectivity index (χ0v) is 14.3. The lowest BCUT2D eigenvalue weighted by Crippen LogP contribution is -2.36. The van der Waals surface area contributed by atoms with Gasteiger partial charge in [0, 0.05) is 17.1 Å². The molecule has 6 nitrogen and oxygen atoms in total. The summed E-state index contributed by atoms with van der Waals surface area (Å²) in [5.74, 6) is -2.14. The van der Waals surface area contributed by atoms with Crippen molar-refractivity contribution in [2.75, 3.05) is 10.6 Å². The van der Waals surface area contributed by atoms with Gasteiger partial charge in [-0.2, -0.15) is 0 Å². The van der Waals surface area contributed by atoms with Crippen LogP contribution in [0.2, 0.25) is 0 Å². The fourth-order valence-electron chi connectivity index (χ4n) is 2.18. The monoisotopic (exact) mass is 349 g/mol. The van der Waals surface area contributed by atoms with Crippen LogP contribution in [-0.2, 0) is 14.4 Å². The second-order valence-electron chi connectivity index (χ2n) is 5.33. The number of rotatable bonds is 6. The summed E-state index contributed by atoms with van der Waals surface area (Å²) in [5.41, 5.74) is 1.34. The molecule has 0 bridgehead atoms. The molecule has 0 fully saturated rings. The fourth-order valence-corrected chi connectivity index (χ4v) is 2.18. The van der Waals surface area contributed by atoms with Gasteiger partial charge in [-0.05, 0) is 37.3 Å². The van der Waals surface area contributed by atoms with Gasteiger partial charge in [0.25, 0.3) is 11.8 Å². The molecule has 0 aliphatic heterocycles. The molecule has 0 heterocycles. The number of allylic oxidation sites excluding steroid dienone is 1. The molecule has 0 aromatic heterocycles. The van der Waals surface area contributed by atoms with E-state index in [4.69, 9.17) is 0 Å². The molecule has 0 unspecified atom stereocenters. The second kappa shape index (κ2) is 8.98. The number of nitrogens with one attached hydrogen (secondary N) is 3. The Bertz CT molecular complexity index is 843. The molecule has 0 saturated carbocycles. The van der Waals surface area contributed by atoms with Gasteiger partial charge in [0.1, 0.15) is 5.57 Å². The zero-order valence-electron chi connectivity index (χ0n) is 14.3. The van der Waals surface area contributed by atoms with Crippen LogP contribution in [0.15, 0.2) is 84.6 Å². The van der Waals surface area contributed by atoms with Crippen LogP contribution in [0.25, 0.3) is 0 Å². The van der Waals surface area contributed by atoms with E-state index in [0.717, 1.165) is 6.08 Å². The minimum Gasteiger partial charge on any atom is -0.358 e. The van der Waals surface area contributed by atoms with Crippen LogP contribution in [0.4, 0.5) is 11.4 Å². The first-order valence-corrected chi connectivity index (χ1v) is 7.88. The van der Waals surface area contributed by atoms with E-state index in [-0.39, 0.29) is 5.57 Å². The van der Waals surface area contributed by atoms with Crippen LogP contribution in [0.1, 0.15) is 6.92 Å². The van der Waals surface area contributed by atoms with Crippen molar-refractivity contribution >= 4 is 29.1 Å². The number of imide groups is 1. The molecule has 0 aliphatic carbocycles. The highest BCUT2D eigenvalue weighted by Gasteiger charge is 2.23. The average Bonchev–Trinajstić information content (AvgIpc) is 2.63. The largest absolute Gasteiger partial charge is 0.358 e. The molecule has 0 spiro atoms. The molecule has 2 aromatic rings. The van der Waals surface area contributed by atoms with Gasteiger partial charge in [-0.25, -0.2) is 0 Å². The average molecular weight is 349 g/mol. The molecular weight excluding hydrogens is 330 g/mol. The maximum Gasteiger partial charge on any atom is 0.265 e. The SMILES string of the molecule is C=CC(=O)NC(=O)/C(C(=O)Nc1ccccc1)=C(\C)Nc1ccccc1. The Morgan fingerprint density at radius 3 is 1.81 bits per heavy atom. The Morgan fingerprint density at radius 1 is 0.808 bits per heavy atom. The van der Waals surface area contributed by atoms with Crippen molar-refractivity contribution in [3.63, 3.8) is 0 Å². The maximum absolute atomic E-state index is 12.6. The van der Waals surface area contributed by atoms with Crippen molar-refractivity contribution in [2.24, 2.45) is 0 Å². The predicted octanol–water partition coefficient (Wildman–Crippen LogP) is 2.84. The number of amides is 3. The van der Waals surface area contributed by atoms with Gasteiger partial charge in [0.2, 0.25) is 5.91 Å². The molecule has 132 valence electrons. The number of para-hydroxylation sites is 2. The molecule has 0 aliphatic rings.